The van der Waals surface area contributed by atoms with E-state index in [0.717, 1.165) is 12.8 Å². The van der Waals surface area contributed by atoms with Gasteiger partial charge in [-0.15, -0.1) is 0 Å². The summed E-state index contributed by atoms with van der Waals surface area (Å²) in [5.74, 6) is 0.787. The first-order valence-electron chi connectivity index (χ1n) is 7.82. The van der Waals surface area contributed by atoms with Gasteiger partial charge in [0.15, 0.2) is 5.76 Å². The number of benzene rings is 1. The second-order valence-corrected chi connectivity index (χ2v) is 5.18. The predicted molar refractivity (Wildman–Crippen MR) is 88.1 cm³/mol. The van der Waals surface area contributed by atoms with E-state index in [0.29, 0.717) is 23.6 Å². The van der Waals surface area contributed by atoms with Crippen LogP contribution >= 0.6 is 0 Å². The first-order valence-corrected chi connectivity index (χ1v) is 7.82. The molecule has 0 bridgehead atoms. The van der Waals surface area contributed by atoms with Crippen LogP contribution in [0, 0.1) is 0 Å². The molecule has 1 aromatic heterocycles. The van der Waals surface area contributed by atoms with Crippen molar-refractivity contribution in [2.75, 3.05) is 13.7 Å². The molecule has 2 aromatic rings. The van der Waals surface area contributed by atoms with E-state index in [2.05, 4.69) is 17.0 Å². The average molecular weight is 331 g/mol. The number of carbonyl (C=O) groups excluding carboxylic acids is 2. The first kappa shape index (κ1) is 17.6. The van der Waals surface area contributed by atoms with Gasteiger partial charge in [0.25, 0.3) is 5.91 Å². The maximum Gasteiger partial charge on any atom is 0.337 e. The van der Waals surface area contributed by atoms with Crippen molar-refractivity contribution in [3.63, 3.8) is 0 Å². The SMILES string of the molecule is CCCCNC(=O)c1ccc(COc2ccc(C(=O)OC)cc2)o1. The largest absolute Gasteiger partial charge is 0.486 e. The van der Waals surface area contributed by atoms with Crippen LogP contribution in [0.4, 0.5) is 0 Å². The molecule has 0 spiro atoms. The van der Waals surface area contributed by atoms with Gasteiger partial charge in [-0.3, -0.25) is 4.79 Å². The van der Waals surface area contributed by atoms with Crippen molar-refractivity contribution in [2.45, 2.75) is 26.4 Å². The van der Waals surface area contributed by atoms with E-state index in [4.69, 9.17) is 9.15 Å². The maximum atomic E-state index is 11.8. The van der Waals surface area contributed by atoms with Crippen molar-refractivity contribution in [1.29, 1.82) is 0 Å². The van der Waals surface area contributed by atoms with E-state index in [1.807, 2.05) is 0 Å². The lowest BCUT2D eigenvalue weighted by Gasteiger charge is -2.05. The molecule has 1 N–H and O–H groups in total. The zero-order chi connectivity index (χ0) is 17.4. The fraction of sp³-hybridized carbons (Fsp3) is 0.333. The topological polar surface area (TPSA) is 77.8 Å². The Hall–Kier alpha value is -2.76. The van der Waals surface area contributed by atoms with Crippen molar-refractivity contribution < 1.29 is 23.5 Å². The van der Waals surface area contributed by atoms with E-state index in [9.17, 15) is 9.59 Å². The first-order chi connectivity index (χ1) is 11.6. The minimum Gasteiger partial charge on any atom is -0.486 e. The normalized spacial score (nSPS) is 10.2. The van der Waals surface area contributed by atoms with E-state index in [1.54, 1.807) is 36.4 Å². The number of furan rings is 1. The van der Waals surface area contributed by atoms with Crippen LogP contribution in [0.25, 0.3) is 0 Å². The van der Waals surface area contributed by atoms with Gasteiger partial charge >= 0.3 is 5.97 Å². The maximum absolute atomic E-state index is 11.8. The third-order valence-electron chi connectivity index (χ3n) is 3.36. The molecule has 24 heavy (non-hydrogen) atoms. The van der Waals surface area contributed by atoms with Crippen LogP contribution in [0.5, 0.6) is 5.75 Å². The quantitative estimate of drug-likeness (QED) is 0.594. The monoisotopic (exact) mass is 331 g/mol. The highest BCUT2D eigenvalue weighted by Gasteiger charge is 2.11. The molecular weight excluding hydrogens is 310 g/mol. The molecule has 0 unspecified atom stereocenters. The Kier molecular flexibility index (Phi) is 6.42. The molecule has 0 atom stereocenters. The minimum absolute atomic E-state index is 0.194. The van der Waals surface area contributed by atoms with Crippen molar-refractivity contribution in [3.05, 3.63) is 53.5 Å². The minimum atomic E-state index is -0.397. The predicted octanol–water partition coefficient (Wildman–Crippen LogP) is 3.18. The van der Waals surface area contributed by atoms with E-state index in [-0.39, 0.29) is 18.3 Å². The van der Waals surface area contributed by atoms with Gasteiger partial charge in [0, 0.05) is 6.54 Å². The molecule has 1 amide bonds. The average Bonchev–Trinajstić information content (AvgIpc) is 3.09. The standard InChI is InChI=1S/C18H21NO5/c1-3-4-11-19-17(20)16-10-9-15(24-16)12-23-14-7-5-13(6-8-14)18(21)22-2/h5-10H,3-4,11-12H2,1-2H3,(H,19,20). The molecule has 6 heteroatoms. The number of rotatable bonds is 8. The summed E-state index contributed by atoms with van der Waals surface area (Å²) in [5.41, 5.74) is 0.453. The van der Waals surface area contributed by atoms with Crippen molar-refractivity contribution in [2.24, 2.45) is 0 Å². The fourth-order valence-electron chi connectivity index (χ4n) is 2.00. The molecule has 2 rings (SSSR count). The third-order valence-corrected chi connectivity index (χ3v) is 3.36. The molecule has 0 radical (unpaired) electrons. The summed E-state index contributed by atoms with van der Waals surface area (Å²) in [6.45, 7) is 2.89. The molecular formula is C18H21NO5. The second kappa shape index (κ2) is 8.76. The highest BCUT2D eigenvalue weighted by atomic mass is 16.5. The molecule has 0 aliphatic heterocycles. The summed E-state index contributed by atoms with van der Waals surface area (Å²) in [6, 6.07) is 9.92. The van der Waals surface area contributed by atoms with Gasteiger partial charge in [-0.25, -0.2) is 4.79 Å². The molecule has 6 nitrogen and oxygen atoms in total. The zero-order valence-corrected chi connectivity index (χ0v) is 13.8. The molecule has 0 aliphatic rings. The number of amides is 1. The zero-order valence-electron chi connectivity index (χ0n) is 13.8. The van der Waals surface area contributed by atoms with Gasteiger partial charge in [-0.1, -0.05) is 13.3 Å². The number of hydrogen-bond donors (Lipinski definition) is 1. The summed E-state index contributed by atoms with van der Waals surface area (Å²) in [7, 11) is 1.33. The van der Waals surface area contributed by atoms with E-state index < -0.39 is 5.97 Å². The summed E-state index contributed by atoms with van der Waals surface area (Å²) < 4.78 is 15.7. The lowest BCUT2D eigenvalue weighted by Crippen LogP contribution is -2.23. The molecule has 1 aromatic carbocycles. The Morgan fingerprint density at radius 1 is 1.12 bits per heavy atom. The lowest BCUT2D eigenvalue weighted by atomic mass is 10.2. The summed E-state index contributed by atoms with van der Waals surface area (Å²) in [6.07, 6.45) is 1.95. The molecule has 0 fully saturated rings. The Morgan fingerprint density at radius 2 is 1.88 bits per heavy atom. The van der Waals surface area contributed by atoms with Crippen molar-refractivity contribution in [3.8, 4) is 5.75 Å². The highest BCUT2D eigenvalue weighted by molar-refractivity contribution is 5.91. The number of carbonyl (C=O) groups is 2. The van der Waals surface area contributed by atoms with Gasteiger partial charge in [0.05, 0.1) is 12.7 Å². The number of hydrogen-bond acceptors (Lipinski definition) is 5. The summed E-state index contributed by atoms with van der Waals surface area (Å²) in [4.78, 5) is 23.2. The van der Waals surface area contributed by atoms with Gasteiger partial charge in [0.2, 0.25) is 0 Å². The van der Waals surface area contributed by atoms with Crippen LogP contribution in [0.2, 0.25) is 0 Å². The van der Waals surface area contributed by atoms with Crippen LogP contribution in [0.1, 0.15) is 46.4 Å². The Bertz CT molecular complexity index is 675. The lowest BCUT2D eigenvalue weighted by molar-refractivity contribution is 0.0600. The number of esters is 1. The fourth-order valence-corrected chi connectivity index (χ4v) is 2.00. The summed E-state index contributed by atoms with van der Waals surface area (Å²) in [5, 5.41) is 2.79. The third kappa shape index (κ3) is 4.87. The number of methoxy groups -OCH3 is 1. The van der Waals surface area contributed by atoms with Crippen LogP contribution in [-0.4, -0.2) is 25.5 Å². The molecule has 0 saturated carbocycles. The van der Waals surface area contributed by atoms with Crippen LogP contribution in [-0.2, 0) is 11.3 Å². The van der Waals surface area contributed by atoms with Gasteiger partial charge < -0.3 is 19.2 Å². The van der Waals surface area contributed by atoms with Crippen LogP contribution in [0.3, 0.4) is 0 Å². The Morgan fingerprint density at radius 3 is 2.54 bits per heavy atom. The molecule has 0 aliphatic carbocycles. The van der Waals surface area contributed by atoms with E-state index in [1.165, 1.54) is 7.11 Å². The smallest absolute Gasteiger partial charge is 0.337 e. The highest BCUT2D eigenvalue weighted by Crippen LogP contribution is 2.16. The van der Waals surface area contributed by atoms with Gasteiger partial charge in [-0.05, 0) is 42.8 Å². The van der Waals surface area contributed by atoms with E-state index >= 15 is 0 Å². The van der Waals surface area contributed by atoms with Crippen LogP contribution in [0.15, 0.2) is 40.8 Å². The second-order valence-electron chi connectivity index (χ2n) is 5.18. The molecule has 128 valence electrons. The molecule has 0 saturated heterocycles. The van der Waals surface area contributed by atoms with Gasteiger partial charge in [-0.2, -0.15) is 0 Å². The number of unbranched alkanes of at least 4 members (excludes halogenated alkanes) is 1. The van der Waals surface area contributed by atoms with Crippen molar-refractivity contribution in [1.82, 2.24) is 5.32 Å². The van der Waals surface area contributed by atoms with Crippen LogP contribution < -0.4 is 10.1 Å². The Labute approximate surface area is 140 Å². The van der Waals surface area contributed by atoms with Crippen molar-refractivity contribution >= 4 is 11.9 Å². The molecule has 1 heterocycles. The number of nitrogens with one attached hydrogen (secondary N) is 1. The number of ether oxygens (including phenoxy) is 2. The van der Waals surface area contributed by atoms with Gasteiger partial charge in [0.1, 0.15) is 18.1 Å². The summed E-state index contributed by atoms with van der Waals surface area (Å²) >= 11 is 0. The Balaban J connectivity index is 1.86.